The number of benzene rings is 1. The van der Waals surface area contributed by atoms with E-state index in [1.807, 2.05) is 18.5 Å². The minimum Gasteiger partial charge on any atom is -0.369 e. The summed E-state index contributed by atoms with van der Waals surface area (Å²) in [7, 11) is 3.76. The van der Waals surface area contributed by atoms with Gasteiger partial charge in [0.25, 0.3) is 0 Å². The van der Waals surface area contributed by atoms with Crippen molar-refractivity contribution in [2.24, 2.45) is 12.0 Å². The number of nitrogens with zero attached hydrogens (tertiary/aromatic N) is 5. The van der Waals surface area contributed by atoms with E-state index in [0.29, 0.717) is 12.6 Å². The maximum Gasteiger partial charge on any atom is 0.191 e. The minimum atomic E-state index is 0.387. The third kappa shape index (κ3) is 3.67. The Labute approximate surface area is 142 Å². The molecule has 128 valence electrons. The highest BCUT2D eigenvalue weighted by Gasteiger charge is 2.23. The number of hydrogen-bond acceptors (Lipinski definition) is 4. The fourth-order valence-corrected chi connectivity index (χ4v) is 2.91. The van der Waals surface area contributed by atoms with Crippen molar-refractivity contribution in [2.45, 2.75) is 25.9 Å². The number of aryl methyl sites for hydroxylation is 1. The Morgan fingerprint density at radius 3 is 2.75 bits per heavy atom. The van der Waals surface area contributed by atoms with E-state index < -0.39 is 0 Å². The van der Waals surface area contributed by atoms with Crippen LogP contribution in [-0.2, 0) is 13.6 Å². The molecule has 1 aliphatic heterocycles. The van der Waals surface area contributed by atoms with Crippen molar-refractivity contribution in [3.8, 4) is 0 Å². The van der Waals surface area contributed by atoms with Crippen molar-refractivity contribution in [1.29, 1.82) is 0 Å². The van der Waals surface area contributed by atoms with E-state index in [2.05, 4.69) is 61.1 Å². The van der Waals surface area contributed by atoms with Crippen LogP contribution in [0.2, 0.25) is 0 Å². The van der Waals surface area contributed by atoms with Gasteiger partial charge in [-0.25, -0.2) is 0 Å². The van der Waals surface area contributed by atoms with Crippen molar-refractivity contribution in [1.82, 2.24) is 25.4 Å². The zero-order valence-corrected chi connectivity index (χ0v) is 14.5. The fourth-order valence-electron chi connectivity index (χ4n) is 2.91. The van der Waals surface area contributed by atoms with Gasteiger partial charge < -0.3 is 20.1 Å². The zero-order chi connectivity index (χ0) is 16.9. The van der Waals surface area contributed by atoms with Crippen LogP contribution in [0.4, 0.5) is 5.69 Å². The third-order valence-corrected chi connectivity index (χ3v) is 4.47. The topological polar surface area (TPSA) is 70.4 Å². The molecule has 7 nitrogen and oxygen atoms in total. The first-order chi connectivity index (χ1) is 11.7. The van der Waals surface area contributed by atoms with Gasteiger partial charge in [-0.15, -0.1) is 10.2 Å². The lowest BCUT2D eigenvalue weighted by molar-refractivity contribution is 0.639. The smallest absolute Gasteiger partial charge is 0.191 e. The van der Waals surface area contributed by atoms with Crippen LogP contribution in [0.25, 0.3) is 0 Å². The fraction of sp³-hybridized carbons (Fsp3) is 0.471. The molecule has 0 aliphatic carbocycles. The largest absolute Gasteiger partial charge is 0.369 e. The van der Waals surface area contributed by atoms with Crippen LogP contribution in [-0.4, -0.2) is 46.9 Å². The summed E-state index contributed by atoms with van der Waals surface area (Å²) in [5, 5.41) is 15.1. The average Bonchev–Trinajstić information content (AvgIpc) is 3.20. The van der Waals surface area contributed by atoms with Crippen molar-refractivity contribution in [2.75, 3.05) is 25.0 Å². The number of aliphatic imine (C=N–C) groups is 1. The highest BCUT2D eigenvalue weighted by molar-refractivity contribution is 5.80. The van der Waals surface area contributed by atoms with E-state index in [1.165, 1.54) is 5.69 Å². The van der Waals surface area contributed by atoms with E-state index in [1.54, 1.807) is 7.05 Å². The van der Waals surface area contributed by atoms with Crippen molar-refractivity contribution in [3.63, 3.8) is 0 Å². The standard InChI is InChI=1S/C17H25N7/c1-13-21-22-16(23(13)3)11-19-17(18-2)20-14-9-10-24(12-14)15-7-5-4-6-8-15/h4-8,14H,9-12H2,1-3H3,(H2,18,19,20). The molecule has 0 amide bonds. The monoisotopic (exact) mass is 327 g/mol. The van der Waals surface area contributed by atoms with Crippen LogP contribution < -0.4 is 15.5 Å². The summed E-state index contributed by atoms with van der Waals surface area (Å²) in [5.41, 5.74) is 1.28. The second-order valence-corrected chi connectivity index (χ2v) is 6.06. The van der Waals surface area contributed by atoms with Crippen LogP contribution in [0.3, 0.4) is 0 Å². The SMILES string of the molecule is CN=C(NCc1nnc(C)n1C)NC1CCN(c2ccccc2)C1. The Kier molecular flexibility index (Phi) is 4.98. The zero-order valence-electron chi connectivity index (χ0n) is 14.5. The minimum absolute atomic E-state index is 0.387. The molecule has 3 rings (SSSR count). The van der Waals surface area contributed by atoms with Gasteiger partial charge in [0.1, 0.15) is 5.82 Å². The van der Waals surface area contributed by atoms with Gasteiger partial charge in [-0.2, -0.15) is 0 Å². The van der Waals surface area contributed by atoms with E-state index >= 15 is 0 Å². The molecule has 24 heavy (non-hydrogen) atoms. The first-order valence-corrected chi connectivity index (χ1v) is 8.29. The molecule has 1 aromatic carbocycles. The third-order valence-electron chi connectivity index (χ3n) is 4.47. The molecule has 0 bridgehead atoms. The number of para-hydroxylation sites is 1. The van der Waals surface area contributed by atoms with Gasteiger partial charge in [0.2, 0.25) is 0 Å². The lowest BCUT2D eigenvalue weighted by Gasteiger charge is -2.20. The van der Waals surface area contributed by atoms with Crippen molar-refractivity contribution in [3.05, 3.63) is 42.0 Å². The second-order valence-electron chi connectivity index (χ2n) is 6.06. The summed E-state index contributed by atoms with van der Waals surface area (Å²) in [6.07, 6.45) is 1.10. The van der Waals surface area contributed by atoms with Gasteiger partial charge in [-0.3, -0.25) is 4.99 Å². The molecule has 1 unspecified atom stereocenters. The first kappa shape index (κ1) is 16.3. The molecule has 2 aromatic rings. The maximum atomic E-state index is 4.32. The second kappa shape index (κ2) is 7.33. The number of hydrogen-bond donors (Lipinski definition) is 2. The molecule has 1 aromatic heterocycles. The van der Waals surface area contributed by atoms with Crippen LogP contribution in [0, 0.1) is 6.92 Å². The van der Waals surface area contributed by atoms with E-state index in [4.69, 9.17) is 0 Å². The molecule has 0 radical (unpaired) electrons. The summed E-state index contributed by atoms with van der Waals surface area (Å²) in [4.78, 5) is 6.72. The predicted octanol–water partition coefficient (Wildman–Crippen LogP) is 1.07. The Morgan fingerprint density at radius 1 is 1.29 bits per heavy atom. The van der Waals surface area contributed by atoms with Crippen molar-refractivity contribution < 1.29 is 0 Å². The van der Waals surface area contributed by atoms with Gasteiger partial charge in [-0.05, 0) is 25.5 Å². The van der Waals surface area contributed by atoms with Gasteiger partial charge in [0.15, 0.2) is 11.8 Å². The number of nitrogens with one attached hydrogen (secondary N) is 2. The average molecular weight is 327 g/mol. The summed E-state index contributed by atoms with van der Waals surface area (Å²) < 4.78 is 1.98. The molecule has 1 fully saturated rings. The Bertz CT molecular complexity index is 692. The highest BCUT2D eigenvalue weighted by Crippen LogP contribution is 2.19. The Morgan fingerprint density at radius 2 is 2.08 bits per heavy atom. The van der Waals surface area contributed by atoms with Gasteiger partial charge in [0, 0.05) is 38.9 Å². The predicted molar refractivity (Wildman–Crippen MR) is 96.1 cm³/mol. The first-order valence-electron chi connectivity index (χ1n) is 8.29. The van der Waals surface area contributed by atoms with Crippen LogP contribution in [0.1, 0.15) is 18.1 Å². The normalized spacial score (nSPS) is 18.0. The summed E-state index contributed by atoms with van der Waals surface area (Å²) in [6, 6.07) is 10.9. The quantitative estimate of drug-likeness (QED) is 0.649. The summed E-state index contributed by atoms with van der Waals surface area (Å²) >= 11 is 0. The molecular weight excluding hydrogens is 302 g/mol. The maximum absolute atomic E-state index is 4.32. The summed E-state index contributed by atoms with van der Waals surface area (Å²) in [6.45, 7) is 4.58. The molecule has 2 N–H and O–H groups in total. The van der Waals surface area contributed by atoms with Crippen LogP contribution >= 0.6 is 0 Å². The van der Waals surface area contributed by atoms with E-state index in [0.717, 1.165) is 37.1 Å². The molecule has 0 spiro atoms. The molecule has 2 heterocycles. The van der Waals surface area contributed by atoms with E-state index in [9.17, 15) is 0 Å². The van der Waals surface area contributed by atoms with Crippen LogP contribution in [0.15, 0.2) is 35.3 Å². The molecular formula is C17H25N7. The van der Waals surface area contributed by atoms with Gasteiger partial charge in [-0.1, -0.05) is 18.2 Å². The Hall–Kier alpha value is -2.57. The highest BCUT2D eigenvalue weighted by atomic mass is 15.3. The number of guanidine groups is 1. The van der Waals surface area contributed by atoms with Gasteiger partial charge >= 0.3 is 0 Å². The molecule has 0 saturated carbocycles. The Balaban J connectivity index is 1.52. The van der Waals surface area contributed by atoms with E-state index in [-0.39, 0.29) is 0 Å². The molecule has 7 heteroatoms. The number of rotatable bonds is 4. The number of aromatic nitrogens is 3. The molecule has 1 saturated heterocycles. The molecule has 1 atom stereocenters. The van der Waals surface area contributed by atoms with Crippen LogP contribution in [0.5, 0.6) is 0 Å². The number of anilines is 1. The lowest BCUT2D eigenvalue weighted by atomic mass is 10.3. The lowest BCUT2D eigenvalue weighted by Crippen LogP contribution is -2.44. The summed E-state index contributed by atoms with van der Waals surface area (Å²) in [5.74, 6) is 2.60. The molecule has 1 aliphatic rings. The van der Waals surface area contributed by atoms with Crippen molar-refractivity contribution >= 4 is 11.6 Å². The van der Waals surface area contributed by atoms with Gasteiger partial charge in [0.05, 0.1) is 6.54 Å².